The van der Waals surface area contributed by atoms with Crippen LogP contribution in [0.3, 0.4) is 0 Å². The molecule has 23 heavy (non-hydrogen) atoms. The number of hydrogen-bond acceptors (Lipinski definition) is 2. The van der Waals surface area contributed by atoms with Crippen LogP contribution in [0.25, 0.3) is 0 Å². The molecule has 0 aliphatic carbocycles. The number of sulfone groups is 1. The van der Waals surface area contributed by atoms with Gasteiger partial charge in [0.25, 0.3) is 0 Å². The van der Waals surface area contributed by atoms with Crippen LogP contribution < -0.4 is 0 Å². The predicted octanol–water partition coefficient (Wildman–Crippen LogP) is 4.54. The SMILES string of the molecule is [O]CCCCCCCCCS(=O)(=O)CCCC(F)(F)C(F)(F)F. The minimum atomic E-state index is -5.64. The van der Waals surface area contributed by atoms with Gasteiger partial charge in [0.1, 0.15) is 9.84 Å². The van der Waals surface area contributed by atoms with Crippen LogP contribution in [0.2, 0.25) is 0 Å². The summed E-state index contributed by atoms with van der Waals surface area (Å²) in [5.74, 6) is -5.68. The summed E-state index contributed by atoms with van der Waals surface area (Å²) in [6, 6.07) is 0. The molecule has 9 heteroatoms. The summed E-state index contributed by atoms with van der Waals surface area (Å²) in [5, 5.41) is 10.2. The second-order valence-corrected chi connectivity index (χ2v) is 7.94. The lowest BCUT2D eigenvalue weighted by molar-refractivity contribution is -0.284. The summed E-state index contributed by atoms with van der Waals surface area (Å²) in [5.41, 5.74) is 0. The van der Waals surface area contributed by atoms with Gasteiger partial charge in [-0.2, -0.15) is 22.0 Å². The van der Waals surface area contributed by atoms with Gasteiger partial charge in [-0.05, 0) is 19.3 Å². The predicted molar refractivity (Wildman–Crippen MR) is 76.8 cm³/mol. The first-order chi connectivity index (χ1) is 10.5. The Kier molecular flexibility index (Phi) is 10.2. The third-order valence-corrected chi connectivity index (χ3v) is 5.28. The summed E-state index contributed by atoms with van der Waals surface area (Å²) in [6.45, 7) is -0.0916. The summed E-state index contributed by atoms with van der Waals surface area (Å²) < 4.78 is 84.3. The highest BCUT2D eigenvalue weighted by Crippen LogP contribution is 2.38. The van der Waals surface area contributed by atoms with Crippen molar-refractivity contribution in [3.05, 3.63) is 0 Å². The van der Waals surface area contributed by atoms with Crippen molar-refractivity contribution in [1.82, 2.24) is 0 Å². The summed E-state index contributed by atoms with van der Waals surface area (Å²) in [6.07, 6.45) is -2.68. The first kappa shape index (κ1) is 22.6. The molecule has 0 rings (SSSR count). The second-order valence-electron chi connectivity index (χ2n) is 5.64. The van der Waals surface area contributed by atoms with E-state index in [1.165, 1.54) is 0 Å². The zero-order valence-electron chi connectivity index (χ0n) is 13.0. The highest BCUT2D eigenvalue weighted by atomic mass is 32.2. The monoisotopic (exact) mass is 367 g/mol. The van der Waals surface area contributed by atoms with E-state index in [0.717, 1.165) is 25.7 Å². The van der Waals surface area contributed by atoms with E-state index in [-0.39, 0.29) is 12.4 Å². The first-order valence-electron chi connectivity index (χ1n) is 7.75. The van der Waals surface area contributed by atoms with Gasteiger partial charge in [0, 0.05) is 6.42 Å². The van der Waals surface area contributed by atoms with Gasteiger partial charge < -0.3 is 0 Å². The van der Waals surface area contributed by atoms with Crippen molar-refractivity contribution in [3.8, 4) is 0 Å². The molecule has 0 aliphatic heterocycles. The Hall–Kier alpha value is -0.440. The fourth-order valence-electron chi connectivity index (χ4n) is 2.07. The van der Waals surface area contributed by atoms with Crippen molar-refractivity contribution in [2.75, 3.05) is 18.1 Å². The number of hydrogen-bond donors (Lipinski definition) is 0. The van der Waals surface area contributed by atoms with Crippen molar-refractivity contribution in [1.29, 1.82) is 0 Å². The van der Waals surface area contributed by atoms with Crippen molar-refractivity contribution < 1.29 is 35.5 Å². The fraction of sp³-hybridized carbons (Fsp3) is 1.00. The van der Waals surface area contributed by atoms with Crippen molar-refractivity contribution in [2.24, 2.45) is 0 Å². The van der Waals surface area contributed by atoms with E-state index in [9.17, 15) is 35.5 Å². The normalized spacial score (nSPS) is 13.5. The molecule has 0 spiro atoms. The van der Waals surface area contributed by atoms with Crippen LogP contribution in [0, 0.1) is 0 Å². The van der Waals surface area contributed by atoms with E-state index in [1.807, 2.05) is 0 Å². The number of halogens is 5. The highest BCUT2D eigenvalue weighted by Gasteiger charge is 2.56. The first-order valence-corrected chi connectivity index (χ1v) is 9.57. The van der Waals surface area contributed by atoms with Crippen LogP contribution >= 0.6 is 0 Å². The van der Waals surface area contributed by atoms with Crippen LogP contribution in [0.1, 0.15) is 57.8 Å². The maximum atomic E-state index is 12.6. The number of alkyl halides is 5. The second kappa shape index (κ2) is 10.4. The molecule has 0 atom stereocenters. The average molecular weight is 367 g/mol. The van der Waals surface area contributed by atoms with E-state index in [0.29, 0.717) is 19.3 Å². The standard InChI is InChI=1S/C14H24F5O3S/c15-13(16,14(17,18)19)9-8-12-23(21,22)11-7-5-3-1-2-4-6-10-20/h1-12H2. The van der Waals surface area contributed by atoms with Crippen molar-refractivity contribution >= 4 is 9.84 Å². The van der Waals surface area contributed by atoms with E-state index in [4.69, 9.17) is 0 Å². The maximum Gasteiger partial charge on any atom is 0.453 e. The van der Waals surface area contributed by atoms with Gasteiger partial charge in [-0.15, -0.1) is 0 Å². The molecule has 1 radical (unpaired) electrons. The van der Waals surface area contributed by atoms with E-state index < -0.39 is 40.5 Å². The van der Waals surface area contributed by atoms with Crippen LogP contribution in [0.15, 0.2) is 0 Å². The van der Waals surface area contributed by atoms with Crippen LogP contribution in [-0.2, 0) is 14.9 Å². The number of rotatable bonds is 13. The van der Waals surface area contributed by atoms with Gasteiger partial charge in [0.2, 0.25) is 0 Å². The highest BCUT2D eigenvalue weighted by molar-refractivity contribution is 7.91. The van der Waals surface area contributed by atoms with E-state index >= 15 is 0 Å². The molecule has 0 saturated carbocycles. The molecule has 0 saturated heterocycles. The zero-order chi connectivity index (χ0) is 18.0. The van der Waals surface area contributed by atoms with Gasteiger partial charge in [-0.25, -0.2) is 13.5 Å². The summed E-state index contributed by atoms with van der Waals surface area (Å²) in [4.78, 5) is 0. The van der Waals surface area contributed by atoms with E-state index in [2.05, 4.69) is 0 Å². The van der Waals surface area contributed by atoms with Crippen LogP contribution in [0.4, 0.5) is 22.0 Å². The Morgan fingerprint density at radius 3 is 1.57 bits per heavy atom. The number of unbranched alkanes of at least 4 members (excludes halogenated alkanes) is 6. The van der Waals surface area contributed by atoms with Crippen LogP contribution in [0.5, 0.6) is 0 Å². The molecule has 0 heterocycles. The maximum absolute atomic E-state index is 12.6. The average Bonchev–Trinajstić information content (AvgIpc) is 2.40. The lowest BCUT2D eigenvalue weighted by Gasteiger charge is -2.19. The molecule has 0 bridgehead atoms. The van der Waals surface area contributed by atoms with Gasteiger partial charge in [0.15, 0.2) is 0 Å². The van der Waals surface area contributed by atoms with Gasteiger partial charge in [-0.3, -0.25) is 0 Å². The van der Waals surface area contributed by atoms with Gasteiger partial charge >= 0.3 is 12.1 Å². The summed E-state index contributed by atoms with van der Waals surface area (Å²) in [7, 11) is -3.59. The molecule has 0 aromatic carbocycles. The Bertz CT molecular complexity index is 407. The molecule has 139 valence electrons. The smallest absolute Gasteiger partial charge is 0.237 e. The quantitative estimate of drug-likeness (QED) is 0.354. The molecule has 0 aromatic heterocycles. The summed E-state index contributed by atoms with van der Waals surface area (Å²) >= 11 is 0. The Morgan fingerprint density at radius 1 is 0.652 bits per heavy atom. The Labute approximate surface area is 134 Å². The largest absolute Gasteiger partial charge is 0.453 e. The third-order valence-electron chi connectivity index (χ3n) is 3.46. The topological polar surface area (TPSA) is 54.0 Å². The van der Waals surface area contributed by atoms with E-state index in [1.54, 1.807) is 0 Å². The van der Waals surface area contributed by atoms with Crippen molar-refractivity contribution in [3.63, 3.8) is 0 Å². The minimum Gasteiger partial charge on any atom is -0.237 e. The molecule has 0 aromatic rings. The molecule has 0 N–H and O–H groups in total. The molecule has 0 fully saturated rings. The third kappa shape index (κ3) is 10.9. The molecule has 0 unspecified atom stereocenters. The van der Waals surface area contributed by atoms with Gasteiger partial charge in [0.05, 0.1) is 18.1 Å². The lowest BCUT2D eigenvalue weighted by atomic mass is 10.1. The molecule has 0 amide bonds. The lowest BCUT2D eigenvalue weighted by Crippen LogP contribution is -2.36. The fourth-order valence-corrected chi connectivity index (χ4v) is 3.50. The van der Waals surface area contributed by atoms with Crippen molar-refractivity contribution in [2.45, 2.75) is 69.9 Å². The molecule has 0 aliphatic rings. The van der Waals surface area contributed by atoms with Crippen LogP contribution in [-0.4, -0.2) is 38.6 Å². The minimum absolute atomic E-state index is 0.0916. The van der Waals surface area contributed by atoms with Gasteiger partial charge in [-0.1, -0.05) is 32.1 Å². The molecular formula is C14H24F5O3S. The Morgan fingerprint density at radius 2 is 1.09 bits per heavy atom. The molecular weight excluding hydrogens is 343 g/mol. The molecule has 3 nitrogen and oxygen atoms in total. The Balaban J connectivity index is 3.82. The zero-order valence-corrected chi connectivity index (χ0v) is 13.8.